The van der Waals surface area contributed by atoms with E-state index >= 15 is 0 Å². The first-order valence-electron chi connectivity index (χ1n) is 7.02. The second-order valence-electron chi connectivity index (χ2n) is 5.62. The van der Waals surface area contributed by atoms with Gasteiger partial charge in [0.05, 0.1) is 17.5 Å². The van der Waals surface area contributed by atoms with Crippen LogP contribution in [0.5, 0.6) is 0 Å². The van der Waals surface area contributed by atoms with Crippen molar-refractivity contribution in [3.63, 3.8) is 0 Å². The lowest BCUT2D eigenvalue weighted by Crippen LogP contribution is -2.42. The molecule has 1 atom stereocenters. The van der Waals surface area contributed by atoms with Crippen LogP contribution in [0, 0.1) is 6.92 Å². The van der Waals surface area contributed by atoms with Crippen molar-refractivity contribution in [1.29, 1.82) is 0 Å². The van der Waals surface area contributed by atoms with Crippen LogP contribution in [0.25, 0.3) is 5.69 Å². The molecule has 0 aliphatic rings. The SMILES string of the molecule is CSCC(C)(O)CNC(=O)c1ccc(-n2cc(C)cn2)cc1. The van der Waals surface area contributed by atoms with Gasteiger partial charge in [-0.25, -0.2) is 4.68 Å². The molecule has 2 aromatic rings. The van der Waals surface area contributed by atoms with Crippen LogP contribution in [0.4, 0.5) is 0 Å². The molecule has 0 saturated carbocycles. The van der Waals surface area contributed by atoms with E-state index in [1.54, 1.807) is 41.7 Å². The molecule has 1 aromatic heterocycles. The quantitative estimate of drug-likeness (QED) is 0.855. The van der Waals surface area contributed by atoms with Crippen molar-refractivity contribution in [3.05, 3.63) is 47.8 Å². The number of carbonyl (C=O) groups is 1. The number of rotatable bonds is 6. The zero-order valence-electron chi connectivity index (χ0n) is 13.0. The Morgan fingerprint density at radius 3 is 2.64 bits per heavy atom. The first-order chi connectivity index (χ1) is 10.4. The van der Waals surface area contributed by atoms with Crippen LogP contribution in [0.1, 0.15) is 22.8 Å². The second kappa shape index (κ2) is 6.98. The molecular weight excluding hydrogens is 298 g/mol. The molecule has 0 saturated heterocycles. The fourth-order valence-corrected chi connectivity index (χ4v) is 2.78. The number of carbonyl (C=O) groups excluding carboxylic acids is 1. The summed E-state index contributed by atoms with van der Waals surface area (Å²) in [6, 6.07) is 7.21. The number of aromatic nitrogens is 2. The summed E-state index contributed by atoms with van der Waals surface area (Å²) in [6.45, 7) is 3.92. The van der Waals surface area contributed by atoms with Crippen LogP contribution in [0.15, 0.2) is 36.7 Å². The Hall–Kier alpha value is -1.79. The summed E-state index contributed by atoms with van der Waals surface area (Å²) in [5.74, 6) is 0.384. The van der Waals surface area contributed by atoms with Crippen molar-refractivity contribution in [2.45, 2.75) is 19.4 Å². The Bertz CT molecular complexity index is 635. The standard InChI is InChI=1S/C16H21N3O2S/c1-12-8-18-19(9-12)14-6-4-13(5-7-14)15(20)17-10-16(2,21)11-22-3/h4-9,21H,10-11H2,1-3H3,(H,17,20). The Balaban J connectivity index is 1.99. The molecule has 2 N–H and O–H groups in total. The zero-order valence-corrected chi connectivity index (χ0v) is 13.9. The summed E-state index contributed by atoms with van der Waals surface area (Å²) in [5.41, 5.74) is 1.64. The van der Waals surface area contributed by atoms with Crippen molar-refractivity contribution < 1.29 is 9.90 Å². The summed E-state index contributed by atoms with van der Waals surface area (Å²) in [6.07, 6.45) is 5.63. The number of benzene rings is 1. The predicted molar refractivity (Wildman–Crippen MR) is 89.6 cm³/mol. The molecule has 2 rings (SSSR count). The van der Waals surface area contributed by atoms with Crippen molar-refractivity contribution in [3.8, 4) is 5.69 Å². The number of nitrogens with zero attached hydrogens (tertiary/aromatic N) is 2. The van der Waals surface area contributed by atoms with Crippen LogP contribution >= 0.6 is 11.8 Å². The van der Waals surface area contributed by atoms with E-state index in [9.17, 15) is 9.90 Å². The molecule has 1 unspecified atom stereocenters. The number of hydrogen-bond donors (Lipinski definition) is 2. The van der Waals surface area contributed by atoms with Gasteiger partial charge in [-0.15, -0.1) is 0 Å². The van der Waals surface area contributed by atoms with E-state index in [-0.39, 0.29) is 12.5 Å². The highest BCUT2D eigenvalue weighted by atomic mass is 32.2. The van der Waals surface area contributed by atoms with Crippen molar-refractivity contribution >= 4 is 17.7 Å². The zero-order chi connectivity index (χ0) is 16.2. The van der Waals surface area contributed by atoms with Crippen LogP contribution in [0.3, 0.4) is 0 Å². The van der Waals surface area contributed by atoms with Crippen molar-refractivity contribution in [2.75, 3.05) is 18.6 Å². The second-order valence-corrected chi connectivity index (χ2v) is 6.49. The topological polar surface area (TPSA) is 67.2 Å². The maximum Gasteiger partial charge on any atom is 0.251 e. The lowest BCUT2D eigenvalue weighted by Gasteiger charge is -2.22. The molecular formula is C16H21N3O2S. The molecule has 1 aromatic carbocycles. The van der Waals surface area contributed by atoms with Gasteiger partial charge in [0.15, 0.2) is 0 Å². The Morgan fingerprint density at radius 2 is 2.09 bits per heavy atom. The van der Waals surface area contributed by atoms with Crippen LogP contribution < -0.4 is 5.32 Å². The lowest BCUT2D eigenvalue weighted by atomic mass is 10.1. The maximum atomic E-state index is 12.1. The van der Waals surface area contributed by atoms with Crippen LogP contribution in [-0.4, -0.2) is 44.9 Å². The fourth-order valence-electron chi connectivity index (χ4n) is 2.05. The van der Waals surface area contributed by atoms with E-state index in [2.05, 4.69) is 10.4 Å². The van der Waals surface area contributed by atoms with Gasteiger partial charge in [-0.05, 0) is 49.9 Å². The number of aliphatic hydroxyl groups is 1. The lowest BCUT2D eigenvalue weighted by molar-refractivity contribution is 0.0725. The molecule has 0 aliphatic carbocycles. The minimum Gasteiger partial charge on any atom is -0.387 e. The summed E-state index contributed by atoms with van der Waals surface area (Å²) in [5, 5.41) is 17.1. The highest BCUT2D eigenvalue weighted by Crippen LogP contribution is 2.12. The number of thioether (sulfide) groups is 1. The molecule has 0 fully saturated rings. The van der Waals surface area contributed by atoms with Gasteiger partial charge < -0.3 is 10.4 Å². The molecule has 0 radical (unpaired) electrons. The van der Waals surface area contributed by atoms with E-state index < -0.39 is 5.60 Å². The van der Waals surface area contributed by atoms with Gasteiger partial charge in [0.25, 0.3) is 5.91 Å². The van der Waals surface area contributed by atoms with Crippen LogP contribution in [0.2, 0.25) is 0 Å². The molecule has 118 valence electrons. The number of aryl methyl sites for hydroxylation is 1. The van der Waals surface area contributed by atoms with Gasteiger partial charge in [-0.2, -0.15) is 16.9 Å². The minimum absolute atomic E-state index is 0.190. The van der Waals surface area contributed by atoms with E-state index in [0.29, 0.717) is 11.3 Å². The molecule has 22 heavy (non-hydrogen) atoms. The summed E-state index contributed by atoms with van der Waals surface area (Å²) < 4.78 is 1.76. The third-order valence-electron chi connectivity index (χ3n) is 3.19. The normalized spacial score (nSPS) is 13.6. The monoisotopic (exact) mass is 319 g/mol. The smallest absolute Gasteiger partial charge is 0.251 e. The molecule has 6 heteroatoms. The van der Waals surface area contributed by atoms with E-state index in [4.69, 9.17) is 0 Å². The molecule has 0 spiro atoms. The van der Waals surface area contributed by atoms with Crippen molar-refractivity contribution in [1.82, 2.24) is 15.1 Å². The number of nitrogens with one attached hydrogen (secondary N) is 1. The van der Waals surface area contributed by atoms with Gasteiger partial charge >= 0.3 is 0 Å². The first-order valence-corrected chi connectivity index (χ1v) is 8.42. The van der Waals surface area contributed by atoms with Gasteiger partial charge in [0.2, 0.25) is 0 Å². The molecule has 0 aliphatic heterocycles. The molecule has 1 heterocycles. The number of hydrogen-bond acceptors (Lipinski definition) is 4. The Morgan fingerprint density at radius 1 is 1.41 bits per heavy atom. The molecule has 0 bridgehead atoms. The van der Waals surface area contributed by atoms with Gasteiger partial charge in [0.1, 0.15) is 0 Å². The van der Waals surface area contributed by atoms with Gasteiger partial charge in [-0.3, -0.25) is 4.79 Å². The van der Waals surface area contributed by atoms with Gasteiger partial charge in [0, 0.05) is 24.1 Å². The summed E-state index contributed by atoms with van der Waals surface area (Å²) in [4.78, 5) is 12.1. The largest absolute Gasteiger partial charge is 0.387 e. The summed E-state index contributed by atoms with van der Waals surface area (Å²) in [7, 11) is 0. The van der Waals surface area contributed by atoms with Crippen molar-refractivity contribution in [2.24, 2.45) is 0 Å². The Labute approximate surface area is 134 Å². The number of amides is 1. The van der Waals surface area contributed by atoms with Gasteiger partial charge in [-0.1, -0.05) is 0 Å². The molecule has 5 nitrogen and oxygen atoms in total. The molecule has 1 amide bonds. The van der Waals surface area contributed by atoms with E-state index in [1.807, 2.05) is 31.5 Å². The highest BCUT2D eigenvalue weighted by Gasteiger charge is 2.20. The first kappa shape index (κ1) is 16.6. The van der Waals surface area contributed by atoms with Crippen LogP contribution in [-0.2, 0) is 0 Å². The fraction of sp³-hybridized carbons (Fsp3) is 0.375. The average molecular weight is 319 g/mol. The van der Waals surface area contributed by atoms with E-state index in [1.165, 1.54) is 0 Å². The average Bonchev–Trinajstić information content (AvgIpc) is 2.92. The third-order valence-corrected chi connectivity index (χ3v) is 4.10. The minimum atomic E-state index is -0.901. The highest BCUT2D eigenvalue weighted by molar-refractivity contribution is 7.98. The Kier molecular flexibility index (Phi) is 5.26. The predicted octanol–water partition coefficient (Wildman–Crippen LogP) is 2.02. The maximum absolute atomic E-state index is 12.1. The van der Waals surface area contributed by atoms with E-state index in [0.717, 1.165) is 11.3 Å². The summed E-state index contributed by atoms with van der Waals surface area (Å²) >= 11 is 1.55. The third kappa shape index (κ3) is 4.35.